The van der Waals surface area contributed by atoms with Gasteiger partial charge in [0, 0.05) is 25.7 Å². The maximum absolute atomic E-state index is 12.8. The summed E-state index contributed by atoms with van der Waals surface area (Å²) in [7, 11) is 1.77. The van der Waals surface area contributed by atoms with Crippen LogP contribution in [0, 0.1) is 0 Å². The summed E-state index contributed by atoms with van der Waals surface area (Å²) < 4.78 is 5.93. The smallest absolute Gasteiger partial charge is 0.244 e. The van der Waals surface area contributed by atoms with Gasteiger partial charge in [-0.15, -0.1) is 0 Å². The van der Waals surface area contributed by atoms with Gasteiger partial charge in [0.1, 0.15) is 18.4 Å². The van der Waals surface area contributed by atoms with Crippen molar-refractivity contribution >= 4 is 11.8 Å². The lowest BCUT2D eigenvalue weighted by Crippen LogP contribution is -2.56. The number of carbonyl (C=O) groups excluding carboxylic acids is 2. The van der Waals surface area contributed by atoms with Crippen LogP contribution in [0.3, 0.4) is 0 Å². The van der Waals surface area contributed by atoms with Crippen LogP contribution in [0.25, 0.3) is 0 Å². The van der Waals surface area contributed by atoms with Crippen molar-refractivity contribution in [2.24, 2.45) is 0 Å². The molecule has 5 nitrogen and oxygen atoms in total. The summed E-state index contributed by atoms with van der Waals surface area (Å²) >= 11 is 0. The molecule has 1 fully saturated rings. The number of benzene rings is 2. The van der Waals surface area contributed by atoms with Crippen LogP contribution >= 0.6 is 0 Å². The zero-order chi connectivity index (χ0) is 18.5. The third-order valence-electron chi connectivity index (χ3n) is 4.75. The van der Waals surface area contributed by atoms with Crippen LogP contribution < -0.4 is 4.74 Å². The second-order valence-corrected chi connectivity index (χ2v) is 6.58. The number of nitrogens with zero attached hydrogens (tertiary/aromatic N) is 2. The standard InChI is InChI=1S/C21H24N2O3/c1-16-21(25)22(2)12-13-23(16)20(24)14-18-10-6-7-11-19(18)26-15-17-8-4-3-5-9-17/h3-11,16H,12-15H2,1-2H3/t16-/m1/s1. The first-order chi connectivity index (χ1) is 12.6. The minimum atomic E-state index is -0.418. The zero-order valence-electron chi connectivity index (χ0n) is 15.2. The average molecular weight is 352 g/mol. The fourth-order valence-corrected chi connectivity index (χ4v) is 3.14. The maximum Gasteiger partial charge on any atom is 0.244 e. The summed E-state index contributed by atoms with van der Waals surface area (Å²) in [5.74, 6) is 0.644. The Labute approximate surface area is 154 Å². The molecule has 1 aliphatic rings. The Hall–Kier alpha value is -2.82. The highest BCUT2D eigenvalue weighted by molar-refractivity contribution is 5.89. The van der Waals surface area contributed by atoms with Gasteiger partial charge in [0.2, 0.25) is 11.8 Å². The van der Waals surface area contributed by atoms with E-state index in [4.69, 9.17) is 4.74 Å². The van der Waals surface area contributed by atoms with Gasteiger partial charge in [-0.05, 0) is 18.6 Å². The van der Waals surface area contributed by atoms with E-state index in [2.05, 4.69) is 0 Å². The molecule has 0 radical (unpaired) electrons. The molecule has 0 bridgehead atoms. The van der Waals surface area contributed by atoms with Crippen molar-refractivity contribution in [2.45, 2.75) is 26.0 Å². The summed E-state index contributed by atoms with van der Waals surface area (Å²) in [6.45, 7) is 3.37. The molecule has 0 aliphatic carbocycles. The number of likely N-dealkylation sites (N-methyl/N-ethyl adjacent to an activating group) is 1. The Morgan fingerprint density at radius 2 is 1.77 bits per heavy atom. The monoisotopic (exact) mass is 352 g/mol. The zero-order valence-corrected chi connectivity index (χ0v) is 15.2. The van der Waals surface area contributed by atoms with Crippen LogP contribution in [0.4, 0.5) is 0 Å². The molecule has 0 unspecified atom stereocenters. The van der Waals surface area contributed by atoms with Crippen LogP contribution in [0.5, 0.6) is 5.75 Å². The molecule has 0 N–H and O–H groups in total. The highest BCUT2D eigenvalue weighted by atomic mass is 16.5. The van der Waals surface area contributed by atoms with Crippen molar-refractivity contribution in [3.63, 3.8) is 0 Å². The number of para-hydroxylation sites is 1. The predicted octanol–water partition coefficient (Wildman–Crippen LogP) is 2.50. The number of rotatable bonds is 5. The highest BCUT2D eigenvalue weighted by Crippen LogP contribution is 2.22. The summed E-state index contributed by atoms with van der Waals surface area (Å²) in [5.41, 5.74) is 1.92. The Balaban J connectivity index is 1.68. The van der Waals surface area contributed by atoms with Crippen LogP contribution in [-0.2, 0) is 22.6 Å². The van der Waals surface area contributed by atoms with Gasteiger partial charge in [0.05, 0.1) is 6.42 Å². The lowest BCUT2D eigenvalue weighted by atomic mass is 10.1. The van der Waals surface area contributed by atoms with Gasteiger partial charge < -0.3 is 14.5 Å². The molecule has 1 heterocycles. The highest BCUT2D eigenvalue weighted by Gasteiger charge is 2.32. The van der Waals surface area contributed by atoms with Crippen LogP contribution in [-0.4, -0.2) is 47.8 Å². The number of ether oxygens (including phenoxy) is 1. The van der Waals surface area contributed by atoms with Crippen molar-refractivity contribution in [3.05, 3.63) is 65.7 Å². The van der Waals surface area contributed by atoms with Crippen LogP contribution in [0.15, 0.2) is 54.6 Å². The molecule has 1 saturated heterocycles. The molecule has 0 saturated carbocycles. The second-order valence-electron chi connectivity index (χ2n) is 6.58. The molecule has 2 amide bonds. The maximum atomic E-state index is 12.8. The van der Waals surface area contributed by atoms with E-state index in [9.17, 15) is 9.59 Å². The van der Waals surface area contributed by atoms with E-state index in [0.29, 0.717) is 25.4 Å². The van der Waals surface area contributed by atoms with Crippen LogP contribution in [0.1, 0.15) is 18.1 Å². The fourth-order valence-electron chi connectivity index (χ4n) is 3.14. The number of hydrogen-bond acceptors (Lipinski definition) is 3. The van der Waals surface area contributed by atoms with E-state index in [1.807, 2.05) is 54.6 Å². The SMILES string of the molecule is C[C@@H]1C(=O)N(C)CCN1C(=O)Cc1ccccc1OCc1ccccc1. The first kappa shape index (κ1) is 18.0. The number of hydrogen-bond donors (Lipinski definition) is 0. The third-order valence-corrected chi connectivity index (χ3v) is 4.75. The second kappa shape index (κ2) is 8.04. The van der Waals surface area contributed by atoms with Gasteiger partial charge >= 0.3 is 0 Å². The molecule has 1 aliphatic heterocycles. The lowest BCUT2D eigenvalue weighted by molar-refractivity contribution is -0.149. The number of piperazine rings is 1. The van der Waals surface area contributed by atoms with Gasteiger partial charge in [-0.3, -0.25) is 9.59 Å². The molecule has 3 rings (SSSR count). The third kappa shape index (κ3) is 4.04. The fraction of sp³-hybridized carbons (Fsp3) is 0.333. The predicted molar refractivity (Wildman–Crippen MR) is 99.7 cm³/mol. The van der Waals surface area contributed by atoms with E-state index in [1.165, 1.54) is 0 Å². The molecule has 1 atom stereocenters. The summed E-state index contributed by atoms with van der Waals surface area (Å²) in [4.78, 5) is 28.2. The van der Waals surface area contributed by atoms with E-state index in [0.717, 1.165) is 11.1 Å². The van der Waals surface area contributed by atoms with Crippen molar-refractivity contribution in [2.75, 3.05) is 20.1 Å². The Bertz CT molecular complexity index is 776. The van der Waals surface area contributed by atoms with Gasteiger partial charge in [-0.2, -0.15) is 0 Å². The molecular weight excluding hydrogens is 328 g/mol. The van der Waals surface area contributed by atoms with Gasteiger partial charge in [-0.1, -0.05) is 48.5 Å². The van der Waals surface area contributed by atoms with Crippen molar-refractivity contribution in [1.29, 1.82) is 0 Å². The van der Waals surface area contributed by atoms with Crippen LogP contribution in [0.2, 0.25) is 0 Å². The van der Waals surface area contributed by atoms with Gasteiger partial charge in [0.25, 0.3) is 0 Å². The molecule has 5 heteroatoms. The van der Waals surface area contributed by atoms with Gasteiger partial charge in [-0.25, -0.2) is 0 Å². The quantitative estimate of drug-likeness (QED) is 0.831. The van der Waals surface area contributed by atoms with Crippen molar-refractivity contribution in [3.8, 4) is 5.75 Å². The first-order valence-corrected chi connectivity index (χ1v) is 8.85. The molecular formula is C21H24N2O3. The summed E-state index contributed by atoms with van der Waals surface area (Å²) in [6, 6.07) is 17.1. The normalized spacial score (nSPS) is 17.3. The van der Waals surface area contributed by atoms with Crippen molar-refractivity contribution in [1.82, 2.24) is 9.80 Å². The van der Waals surface area contributed by atoms with Crippen molar-refractivity contribution < 1.29 is 14.3 Å². The van der Waals surface area contributed by atoms with E-state index in [-0.39, 0.29) is 18.2 Å². The lowest BCUT2D eigenvalue weighted by Gasteiger charge is -2.37. The molecule has 136 valence electrons. The molecule has 26 heavy (non-hydrogen) atoms. The largest absolute Gasteiger partial charge is 0.489 e. The first-order valence-electron chi connectivity index (χ1n) is 8.85. The molecule has 0 spiro atoms. The topological polar surface area (TPSA) is 49.9 Å². The van der Waals surface area contributed by atoms with E-state index < -0.39 is 6.04 Å². The molecule has 2 aromatic carbocycles. The summed E-state index contributed by atoms with van der Waals surface area (Å²) in [6.07, 6.45) is 0.228. The van der Waals surface area contributed by atoms with Gasteiger partial charge in [0.15, 0.2) is 0 Å². The average Bonchev–Trinajstić information content (AvgIpc) is 2.66. The summed E-state index contributed by atoms with van der Waals surface area (Å²) in [5, 5.41) is 0. The minimum Gasteiger partial charge on any atom is -0.489 e. The number of amides is 2. The van der Waals surface area contributed by atoms with E-state index >= 15 is 0 Å². The molecule has 2 aromatic rings. The Morgan fingerprint density at radius 3 is 2.54 bits per heavy atom. The molecule has 0 aromatic heterocycles. The number of carbonyl (C=O) groups is 2. The Morgan fingerprint density at radius 1 is 1.08 bits per heavy atom. The Kier molecular flexibility index (Phi) is 5.56. The minimum absolute atomic E-state index is 0.0155. The van der Waals surface area contributed by atoms with E-state index in [1.54, 1.807) is 23.8 Å².